The van der Waals surface area contributed by atoms with Gasteiger partial charge in [-0.1, -0.05) is 37.3 Å². The molecule has 1 unspecified atom stereocenters. The van der Waals surface area contributed by atoms with Gasteiger partial charge >= 0.3 is 0 Å². The highest BCUT2D eigenvalue weighted by Gasteiger charge is 2.33. The van der Waals surface area contributed by atoms with E-state index in [9.17, 15) is 9.59 Å². The molecule has 1 atom stereocenters. The second-order valence-corrected chi connectivity index (χ2v) is 7.82. The number of halogens is 1. The van der Waals surface area contributed by atoms with E-state index in [1.807, 2.05) is 23.1 Å². The van der Waals surface area contributed by atoms with Gasteiger partial charge in [-0.2, -0.15) is 0 Å². The van der Waals surface area contributed by atoms with Gasteiger partial charge in [0.15, 0.2) is 0 Å². The van der Waals surface area contributed by atoms with Crippen molar-refractivity contribution in [2.45, 2.75) is 51.5 Å². The number of amides is 2. The van der Waals surface area contributed by atoms with Gasteiger partial charge in [0.1, 0.15) is 0 Å². The number of carbonyl (C=O) groups excluding carboxylic acids is 2. The van der Waals surface area contributed by atoms with Gasteiger partial charge < -0.3 is 15.1 Å². The third-order valence-electron chi connectivity index (χ3n) is 5.89. The SMILES string of the molecule is CCCN(C(=O)C1CCN(C(=O)CCc2ccccc2)CC1)C1CCNC1.Cl. The highest BCUT2D eigenvalue weighted by molar-refractivity contribution is 5.85. The standard InChI is InChI=1S/C22H33N3O2.ClH/c1-2-14-25(20-10-13-23-17-20)22(27)19-11-15-24(16-12-19)21(26)9-8-18-6-4-3-5-7-18;/h3-7,19-20,23H,2,8-17H2,1H3;1H. The van der Waals surface area contributed by atoms with Crippen LogP contribution in [-0.4, -0.2) is 60.4 Å². The second kappa shape index (κ2) is 11.4. The number of hydrogen-bond acceptors (Lipinski definition) is 3. The molecule has 1 N–H and O–H groups in total. The molecule has 2 heterocycles. The van der Waals surface area contributed by atoms with E-state index in [1.54, 1.807) is 0 Å². The van der Waals surface area contributed by atoms with Crippen LogP contribution in [0.25, 0.3) is 0 Å². The molecule has 1 aromatic rings. The third-order valence-corrected chi connectivity index (χ3v) is 5.89. The summed E-state index contributed by atoms with van der Waals surface area (Å²) >= 11 is 0. The lowest BCUT2D eigenvalue weighted by atomic mass is 9.94. The first kappa shape index (κ1) is 22.7. The lowest BCUT2D eigenvalue weighted by molar-refractivity contribution is -0.142. The van der Waals surface area contributed by atoms with E-state index in [4.69, 9.17) is 0 Å². The minimum absolute atomic E-state index is 0. The molecule has 2 fully saturated rings. The van der Waals surface area contributed by atoms with E-state index in [1.165, 1.54) is 5.56 Å². The van der Waals surface area contributed by atoms with Crippen molar-refractivity contribution in [2.75, 3.05) is 32.7 Å². The van der Waals surface area contributed by atoms with Crippen LogP contribution < -0.4 is 5.32 Å². The Kier molecular flexibility index (Phi) is 9.26. The predicted molar refractivity (Wildman–Crippen MR) is 115 cm³/mol. The summed E-state index contributed by atoms with van der Waals surface area (Å²) in [7, 11) is 0. The first-order valence-electron chi connectivity index (χ1n) is 10.5. The van der Waals surface area contributed by atoms with Gasteiger partial charge in [-0.25, -0.2) is 0 Å². The van der Waals surface area contributed by atoms with Crippen LogP contribution in [0.5, 0.6) is 0 Å². The van der Waals surface area contributed by atoms with Crippen LogP contribution in [-0.2, 0) is 16.0 Å². The average Bonchev–Trinajstić information content (AvgIpc) is 3.25. The van der Waals surface area contributed by atoms with Crippen LogP contribution in [0.4, 0.5) is 0 Å². The molecule has 6 heteroatoms. The molecule has 5 nitrogen and oxygen atoms in total. The van der Waals surface area contributed by atoms with Crippen LogP contribution in [0.3, 0.4) is 0 Å². The van der Waals surface area contributed by atoms with E-state index < -0.39 is 0 Å². The Morgan fingerprint density at radius 2 is 1.86 bits per heavy atom. The van der Waals surface area contributed by atoms with Gasteiger partial charge in [-0.3, -0.25) is 9.59 Å². The Hall–Kier alpha value is -1.59. The predicted octanol–water partition coefficient (Wildman–Crippen LogP) is 2.88. The summed E-state index contributed by atoms with van der Waals surface area (Å²) in [6.07, 6.45) is 5.00. The van der Waals surface area contributed by atoms with E-state index in [0.717, 1.165) is 51.7 Å². The smallest absolute Gasteiger partial charge is 0.226 e. The number of nitrogens with zero attached hydrogens (tertiary/aromatic N) is 2. The fraction of sp³-hybridized carbons (Fsp3) is 0.636. The molecule has 2 aliphatic rings. The number of piperidine rings is 1. The topological polar surface area (TPSA) is 52.7 Å². The van der Waals surface area contributed by atoms with Gasteiger partial charge in [0.2, 0.25) is 11.8 Å². The molecule has 0 spiro atoms. The summed E-state index contributed by atoms with van der Waals surface area (Å²) in [5.41, 5.74) is 1.20. The fourth-order valence-corrected chi connectivity index (χ4v) is 4.28. The highest BCUT2D eigenvalue weighted by Crippen LogP contribution is 2.23. The summed E-state index contributed by atoms with van der Waals surface area (Å²) in [5.74, 6) is 0.604. The monoisotopic (exact) mass is 407 g/mol. The molecule has 0 saturated carbocycles. The summed E-state index contributed by atoms with van der Waals surface area (Å²) < 4.78 is 0. The van der Waals surface area contributed by atoms with E-state index >= 15 is 0 Å². The fourth-order valence-electron chi connectivity index (χ4n) is 4.28. The van der Waals surface area contributed by atoms with Crippen LogP contribution in [0.2, 0.25) is 0 Å². The zero-order valence-electron chi connectivity index (χ0n) is 16.9. The van der Waals surface area contributed by atoms with Gasteiger partial charge in [0, 0.05) is 44.6 Å². The van der Waals surface area contributed by atoms with Crippen molar-refractivity contribution >= 4 is 24.2 Å². The Morgan fingerprint density at radius 3 is 2.46 bits per heavy atom. The summed E-state index contributed by atoms with van der Waals surface area (Å²) in [5, 5.41) is 3.37. The first-order chi connectivity index (χ1) is 13.2. The highest BCUT2D eigenvalue weighted by atomic mass is 35.5. The number of nitrogens with one attached hydrogen (secondary N) is 1. The van der Waals surface area contributed by atoms with E-state index in [0.29, 0.717) is 31.5 Å². The Labute approximate surface area is 175 Å². The second-order valence-electron chi connectivity index (χ2n) is 7.82. The van der Waals surface area contributed by atoms with Crippen LogP contribution in [0.15, 0.2) is 30.3 Å². The Bertz CT molecular complexity index is 611. The molecule has 0 radical (unpaired) electrons. The number of hydrogen-bond donors (Lipinski definition) is 1. The lowest BCUT2D eigenvalue weighted by Crippen LogP contribution is -2.48. The maximum absolute atomic E-state index is 13.1. The molecule has 156 valence electrons. The van der Waals surface area contributed by atoms with Gasteiger partial charge in [-0.05, 0) is 44.2 Å². The minimum Gasteiger partial charge on any atom is -0.343 e. The van der Waals surface area contributed by atoms with Crippen LogP contribution >= 0.6 is 12.4 Å². The molecule has 0 aromatic heterocycles. The molecule has 2 amide bonds. The van der Waals surface area contributed by atoms with Crippen molar-refractivity contribution in [2.24, 2.45) is 5.92 Å². The molecule has 0 bridgehead atoms. The molecule has 2 saturated heterocycles. The molecule has 3 rings (SSSR count). The first-order valence-corrected chi connectivity index (χ1v) is 10.5. The summed E-state index contributed by atoms with van der Waals surface area (Å²) in [6.45, 7) is 6.34. The zero-order valence-corrected chi connectivity index (χ0v) is 17.8. The third kappa shape index (κ3) is 5.95. The van der Waals surface area contributed by atoms with Gasteiger partial charge in [-0.15, -0.1) is 12.4 Å². The summed E-state index contributed by atoms with van der Waals surface area (Å²) in [4.78, 5) is 29.6. The number of aryl methyl sites for hydroxylation is 1. The lowest BCUT2D eigenvalue weighted by Gasteiger charge is -2.36. The maximum Gasteiger partial charge on any atom is 0.226 e. The van der Waals surface area contributed by atoms with Gasteiger partial charge in [0.05, 0.1) is 0 Å². The number of rotatable bonds is 7. The van der Waals surface area contributed by atoms with Crippen molar-refractivity contribution in [1.82, 2.24) is 15.1 Å². The number of likely N-dealkylation sites (tertiary alicyclic amines) is 1. The molecule has 28 heavy (non-hydrogen) atoms. The zero-order chi connectivity index (χ0) is 19.1. The number of carbonyl (C=O) groups is 2. The van der Waals surface area contributed by atoms with Crippen LogP contribution in [0.1, 0.15) is 44.6 Å². The van der Waals surface area contributed by atoms with Gasteiger partial charge in [0.25, 0.3) is 0 Å². The van der Waals surface area contributed by atoms with E-state index in [-0.39, 0.29) is 24.2 Å². The summed E-state index contributed by atoms with van der Waals surface area (Å²) in [6, 6.07) is 10.5. The normalized spacial score (nSPS) is 19.9. The molecule has 2 aliphatic heterocycles. The van der Waals surface area contributed by atoms with Crippen LogP contribution in [0, 0.1) is 5.92 Å². The average molecular weight is 408 g/mol. The molecular formula is C22H34ClN3O2. The van der Waals surface area contributed by atoms with E-state index in [2.05, 4.69) is 29.3 Å². The molecular weight excluding hydrogens is 374 g/mol. The Morgan fingerprint density at radius 1 is 1.14 bits per heavy atom. The number of benzene rings is 1. The minimum atomic E-state index is 0. The Balaban J connectivity index is 0.00000280. The quantitative estimate of drug-likeness (QED) is 0.756. The van der Waals surface area contributed by atoms with Crippen molar-refractivity contribution in [3.63, 3.8) is 0 Å². The van der Waals surface area contributed by atoms with Crippen molar-refractivity contribution < 1.29 is 9.59 Å². The molecule has 1 aromatic carbocycles. The molecule has 0 aliphatic carbocycles. The largest absolute Gasteiger partial charge is 0.343 e. The van der Waals surface area contributed by atoms with Crippen molar-refractivity contribution in [3.8, 4) is 0 Å². The maximum atomic E-state index is 13.1. The van der Waals surface area contributed by atoms with Crippen molar-refractivity contribution in [1.29, 1.82) is 0 Å². The van der Waals surface area contributed by atoms with Crippen molar-refractivity contribution in [3.05, 3.63) is 35.9 Å².